The molecule has 6 rings (SSSR count). The molecule has 4 saturated carbocycles. The van der Waals surface area contributed by atoms with Gasteiger partial charge in [-0.3, -0.25) is 9.59 Å². The van der Waals surface area contributed by atoms with Crippen molar-refractivity contribution in [1.82, 2.24) is 0 Å². The number of nitrogens with two attached hydrogens (primary N) is 1. The van der Waals surface area contributed by atoms with Crippen LogP contribution >= 0.6 is 0 Å². The second kappa shape index (κ2) is 7.40. The first kappa shape index (κ1) is 19.1. The Morgan fingerprint density at radius 2 is 1.72 bits per heavy atom. The Labute approximate surface area is 171 Å². The standard InChI is InChI=1S/C23H30N2O4/c1-28-20-5-3-2-4-19(20)25-21(26)11-18(22(25)27)24-6-7-29-23-12-15-8-16(13-23)10-17(9-15)14-23/h2-5,15-18,24H,6-14H2,1H3/p+1/t15?,16?,17?,18-,23?/m0/s1. The van der Waals surface area contributed by atoms with E-state index in [1.807, 2.05) is 17.4 Å². The summed E-state index contributed by atoms with van der Waals surface area (Å²) in [6.07, 6.45) is 8.13. The first-order valence-corrected chi connectivity index (χ1v) is 11.0. The van der Waals surface area contributed by atoms with Crippen molar-refractivity contribution < 1.29 is 24.4 Å². The first-order chi connectivity index (χ1) is 14.1. The molecule has 0 spiro atoms. The molecule has 0 aromatic heterocycles. The van der Waals surface area contributed by atoms with Crippen molar-refractivity contribution in [3.05, 3.63) is 24.3 Å². The molecule has 156 valence electrons. The Bertz CT molecular complexity index is 773. The summed E-state index contributed by atoms with van der Waals surface area (Å²) < 4.78 is 11.8. The minimum atomic E-state index is -0.368. The monoisotopic (exact) mass is 399 g/mol. The quantitative estimate of drug-likeness (QED) is 0.561. The summed E-state index contributed by atoms with van der Waals surface area (Å²) in [5, 5.41) is 1.98. The van der Waals surface area contributed by atoms with E-state index in [0.717, 1.165) is 17.8 Å². The van der Waals surface area contributed by atoms with E-state index in [1.165, 1.54) is 43.4 Å². The van der Waals surface area contributed by atoms with Crippen molar-refractivity contribution >= 4 is 17.5 Å². The molecule has 1 aliphatic heterocycles. The average Bonchev–Trinajstić information content (AvgIpc) is 2.97. The Kier molecular flexibility index (Phi) is 4.87. The SMILES string of the molecule is COc1ccccc1N1C(=O)C[C@H]([NH2+]CCOC23CC4CC(CC(C4)C2)C3)C1=O. The number of carbonyl (C=O) groups excluding carboxylic acids is 2. The normalized spacial score (nSPS) is 35.6. The molecule has 2 amide bonds. The topological polar surface area (TPSA) is 72.4 Å². The van der Waals surface area contributed by atoms with Crippen LogP contribution in [-0.4, -0.2) is 43.7 Å². The molecule has 5 fully saturated rings. The number of imide groups is 1. The third-order valence-electron chi connectivity index (χ3n) is 7.47. The minimum Gasteiger partial charge on any atom is -0.495 e. The van der Waals surface area contributed by atoms with Crippen molar-refractivity contribution in [3.63, 3.8) is 0 Å². The van der Waals surface area contributed by atoms with Crippen LogP contribution in [0.2, 0.25) is 0 Å². The lowest BCUT2D eigenvalue weighted by atomic mass is 9.54. The van der Waals surface area contributed by atoms with Gasteiger partial charge in [0.1, 0.15) is 5.75 Å². The molecule has 1 saturated heterocycles. The van der Waals surface area contributed by atoms with Crippen LogP contribution in [-0.2, 0) is 14.3 Å². The van der Waals surface area contributed by atoms with Gasteiger partial charge in [-0.15, -0.1) is 0 Å². The molecular formula is C23H31N2O4+. The number of para-hydroxylation sites is 2. The predicted molar refractivity (Wildman–Crippen MR) is 108 cm³/mol. The molecule has 1 aromatic carbocycles. The summed E-state index contributed by atoms with van der Waals surface area (Å²) in [6.45, 7) is 1.37. The van der Waals surface area contributed by atoms with E-state index in [-0.39, 0.29) is 29.9 Å². The molecule has 2 N–H and O–H groups in total. The fourth-order valence-electron chi connectivity index (χ4n) is 6.66. The fraction of sp³-hybridized carbons (Fsp3) is 0.652. The highest BCUT2D eigenvalue weighted by molar-refractivity contribution is 6.22. The van der Waals surface area contributed by atoms with Gasteiger partial charge in [-0.05, 0) is 68.4 Å². The van der Waals surface area contributed by atoms with Crippen molar-refractivity contribution in [1.29, 1.82) is 0 Å². The van der Waals surface area contributed by atoms with Crippen LogP contribution in [0.4, 0.5) is 5.69 Å². The lowest BCUT2D eigenvalue weighted by molar-refractivity contribution is -0.676. The van der Waals surface area contributed by atoms with E-state index in [1.54, 1.807) is 19.2 Å². The van der Waals surface area contributed by atoms with Gasteiger partial charge in [0.2, 0.25) is 5.91 Å². The molecule has 29 heavy (non-hydrogen) atoms. The second-order valence-corrected chi connectivity index (χ2v) is 9.52. The first-order valence-electron chi connectivity index (χ1n) is 11.0. The van der Waals surface area contributed by atoms with E-state index < -0.39 is 0 Å². The molecule has 1 heterocycles. The van der Waals surface area contributed by atoms with E-state index in [2.05, 4.69) is 0 Å². The highest BCUT2D eigenvalue weighted by atomic mass is 16.5. The lowest BCUT2D eigenvalue weighted by Gasteiger charge is -2.56. The Balaban J connectivity index is 1.16. The average molecular weight is 400 g/mol. The van der Waals surface area contributed by atoms with E-state index >= 15 is 0 Å². The summed E-state index contributed by atoms with van der Waals surface area (Å²) in [7, 11) is 1.55. The number of ether oxygens (including phenoxy) is 2. The summed E-state index contributed by atoms with van der Waals surface area (Å²) in [5.41, 5.74) is 0.632. The zero-order valence-electron chi connectivity index (χ0n) is 17.1. The second-order valence-electron chi connectivity index (χ2n) is 9.52. The summed E-state index contributed by atoms with van der Waals surface area (Å²) in [4.78, 5) is 26.7. The molecule has 6 heteroatoms. The Morgan fingerprint density at radius 1 is 1.07 bits per heavy atom. The lowest BCUT2D eigenvalue weighted by Crippen LogP contribution is -2.92. The molecular weight excluding hydrogens is 368 g/mol. The maximum Gasteiger partial charge on any atom is 0.292 e. The maximum atomic E-state index is 12.9. The van der Waals surface area contributed by atoms with Gasteiger partial charge in [-0.2, -0.15) is 0 Å². The van der Waals surface area contributed by atoms with Gasteiger partial charge >= 0.3 is 0 Å². The van der Waals surface area contributed by atoms with Crippen LogP contribution in [0.15, 0.2) is 24.3 Å². The van der Waals surface area contributed by atoms with Gasteiger partial charge in [0.15, 0.2) is 6.04 Å². The molecule has 0 unspecified atom stereocenters. The zero-order chi connectivity index (χ0) is 20.0. The summed E-state index contributed by atoms with van der Waals surface area (Å²) in [5.74, 6) is 2.83. The summed E-state index contributed by atoms with van der Waals surface area (Å²) in [6, 6.07) is 6.81. The van der Waals surface area contributed by atoms with Crippen LogP contribution in [0.3, 0.4) is 0 Å². The largest absolute Gasteiger partial charge is 0.495 e. The third kappa shape index (κ3) is 3.46. The van der Waals surface area contributed by atoms with Crippen molar-refractivity contribution in [3.8, 4) is 5.75 Å². The van der Waals surface area contributed by atoms with Crippen LogP contribution < -0.4 is 15.0 Å². The van der Waals surface area contributed by atoms with Crippen molar-refractivity contribution in [2.75, 3.05) is 25.2 Å². The maximum absolute atomic E-state index is 12.9. The third-order valence-corrected chi connectivity index (χ3v) is 7.47. The molecule has 1 aromatic rings. The van der Waals surface area contributed by atoms with Crippen LogP contribution in [0.1, 0.15) is 44.9 Å². The van der Waals surface area contributed by atoms with Gasteiger partial charge in [0.25, 0.3) is 5.91 Å². The number of hydrogen-bond acceptors (Lipinski definition) is 4. The van der Waals surface area contributed by atoms with E-state index in [4.69, 9.17) is 9.47 Å². The van der Waals surface area contributed by atoms with Crippen molar-refractivity contribution in [2.45, 2.75) is 56.6 Å². The minimum absolute atomic E-state index is 0.0987. The number of anilines is 1. The summed E-state index contributed by atoms with van der Waals surface area (Å²) >= 11 is 0. The molecule has 4 bridgehead atoms. The van der Waals surface area contributed by atoms with Crippen LogP contribution in [0.25, 0.3) is 0 Å². The van der Waals surface area contributed by atoms with Crippen molar-refractivity contribution in [2.24, 2.45) is 17.8 Å². The molecule has 6 nitrogen and oxygen atoms in total. The van der Waals surface area contributed by atoms with Gasteiger partial charge in [-0.25, -0.2) is 4.90 Å². The number of rotatable bonds is 7. The van der Waals surface area contributed by atoms with E-state index in [0.29, 0.717) is 24.6 Å². The van der Waals surface area contributed by atoms with Crippen LogP contribution in [0, 0.1) is 17.8 Å². The van der Waals surface area contributed by atoms with Gasteiger partial charge in [0, 0.05) is 0 Å². The number of methoxy groups -OCH3 is 1. The molecule has 0 radical (unpaired) electrons. The number of nitrogens with zero attached hydrogens (tertiary/aromatic N) is 1. The number of amides is 2. The molecule has 5 aliphatic rings. The number of quaternary nitrogens is 1. The number of benzene rings is 1. The number of carbonyl (C=O) groups is 2. The molecule has 4 aliphatic carbocycles. The smallest absolute Gasteiger partial charge is 0.292 e. The fourth-order valence-corrected chi connectivity index (χ4v) is 6.66. The van der Waals surface area contributed by atoms with E-state index in [9.17, 15) is 9.59 Å². The Morgan fingerprint density at radius 3 is 2.38 bits per heavy atom. The number of hydrogen-bond donors (Lipinski definition) is 1. The zero-order valence-corrected chi connectivity index (χ0v) is 17.1. The predicted octanol–water partition coefficient (Wildman–Crippen LogP) is 1.88. The highest BCUT2D eigenvalue weighted by Gasteiger charge is 2.51. The van der Waals surface area contributed by atoms with Gasteiger partial charge in [-0.1, -0.05) is 12.1 Å². The highest BCUT2D eigenvalue weighted by Crippen LogP contribution is 2.57. The van der Waals surface area contributed by atoms with Gasteiger partial charge < -0.3 is 14.8 Å². The van der Waals surface area contributed by atoms with Crippen LogP contribution in [0.5, 0.6) is 5.75 Å². The Hall–Kier alpha value is -1.92. The van der Waals surface area contributed by atoms with Gasteiger partial charge in [0.05, 0.1) is 38.0 Å². The molecule has 1 atom stereocenters.